The van der Waals surface area contributed by atoms with Gasteiger partial charge in [-0.3, -0.25) is 96.6 Å². The third kappa shape index (κ3) is 46.7. The van der Waals surface area contributed by atoms with Crippen LogP contribution < -0.4 is 91.6 Å². The van der Waals surface area contributed by atoms with Crippen molar-refractivity contribution in [3.8, 4) is 0 Å². The molecule has 51 heteroatoms. The van der Waals surface area contributed by atoms with E-state index >= 15 is 28.8 Å². The molecule has 2 aliphatic rings. The SMILES string of the molecule is CCCC[C@H](NC(=O)[C@H](CCCCN(CC(=O)O)CC(=O)O)NC(=O)[C@H](Cc1c[nH]cn1)NC(=O)[C@H](CCC(N)=O)NC(=O)[C@H](CO)NC(=O)CNC(=O)COCCOCCNC(=O)CCCCCCCCCCCCCCCc1nnn[nH]1)C(=O)N[C@H]1CCC(=O)NCCCC[C@@H](C(N)=O)NC(=O)[C@H](Cc2c[nH]c3ccccc23)NC(=O)[C@H](CCCNC(=N)N)NC(=O)[C@@H](Cc2ccccc2)NC(=O)[C@@H]2C[C@@H](O)CN2C1=O. The number of benzene rings is 2. The number of carbonyl (C=O) groups is 18. The number of nitrogens with one attached hydrogen (secondary N) is 18. The number of carboxylic acid groups (broad SMARTS) is 2. The first-order chi connectivity index (χ1) is 71.2. The van der Waals surface area contributed by atoms with E-state index in [1.807, 2.05) is 0 Å². The predicted molar refractivity (Wildman–Crippen MR) is 535 cm³/mol. The number of fused-ring (bicyclic) bond motifs is 2. The Hall–Kier alpha value is -14.2. The summed E-state index contributed by atoms with van der Waals surface area (Å²) >= 11 is 0. The number of imidazole rings is 1. The van der Waals surface area contributed by atoms with Gasteiger partial charge in [-0.15, -0.1) is 5.10 Å². The van der Waals surface area contributed by atoms with Crippen LogP contribution in [0.1, 0.15) is 222 Å². The number of ether oxygens (including phenoxy) is 2. The number of aliphatic carboxylic acids is 2. The molecule has 3 aromatic heterocycles. The molecule has 816 valence electrons. The van der Waals surface area contributed by atoms with Gasteiger partial charge >= 0.3 is 11.9 Å². The second-order valence-corrected chi connectivity index (χ2v) is 36.9. The van der Waals surface area contributed by atoms with Crippen LogP contribution >= 0.6 is 0 Å². The number of hydrogen-bond acceptors (Lipinski definition) is 28. The largest absolute Gasteiger partial charge is 0.480 e. The van der Waals surface area contributed by atoms with Crippen LogP contribution in [-0.4, -0.2) is 336 Å². The number of unbranched alkanes of at least 4 members (excludes halogenated alkanes) is 14. The molecule has 0 saturated carbocycles. The molecule has 0 radical (unpaired) electrons. The van der Waals surface area contributed by atoms with Crippen LogP contribution in [0.25, 0.3) is 10.9 Å². The van der Waals surface area contributed by atoms with E-state index in [4.69, 9.17) is 32.1 Å². The number of carbonyl (C=O) groups excluding carboxylic acids is 16. The number of aryl methyl sites for hydroxylation is 1. The second-order valence-electron chi connectivity index (χ2n) is 36.9. The monoisotopic (exact) mass is 2080 g/mol. The number of guanidine groups is 1. The van der Waals surface area contributed by atoms with Crippen LogP contribution in [0.2, 0.25) is 0 Å². The van der Waals surface area contributed by atoms with E-state index in [2.05, 4.69) is 110 Å². The van der Waals surface area contributed by atoms with Crippen molar-refractivity contribution in [3.05, 3.63) is 96.0 Å². The molecule has 2 fully saturated rings. The molecule has 5 heterocycles. The van der Waals surface area contributed by atoms with E-state index in [9.17, 15) is 78.0 Å². The molecule has 0 unspecified atom stereocenters. The molecule has 7 rings (SSSR count). The van der Waals surface area contributed by atoms with Crippen molar-refractivity contribution in [1.29, 1.82) is 5.41 Å². The Kier molecular flexibility index (Phi) is 55.1. The maximum atomic E-state index is 15.6. The van der Waals surface area contributed by atoms with Gasteiger partial charge in [0.15, 0.2) is 5.96 Å². The van der Waals surface area contributed by atoms with E-state index in [-0.39, 0.29) is 135 Å². The number of aliphatic hydroxyl groups excluding tert-OH is 2. The van der Waals surface area contributed by atoms with Crippen LogP contribution in [0.3, 0.4) is 0 Å². The minimum atomic E-state index is -1.82. The molecule has 0 bridgehead atoms. The Labute approximate surface area is 857 Å². The van der Waals surface area contributed by atoms with Gasteiger partial charge in [-0.05, 0) is 118 Å². The van der Waals surface area contributed by atoms with Gasteiger partial charge in [0.1, 0.15) is 78.9 Å². The third-order valence-electron chi connectivity index (χ3n) is 24.9. The van der Waals surface area contributed by atoms with Crippen molar-refractivity contribution < 1.29 is 116 Å². The molecular weight excluding hydrogens is 1930 g/mol. The second kappa shape index (κ2) is 67.5. The van der Waals surface area contributed by atoms with Crippen molar-refractivity contribution in [1.82, 2.24) is 120 Å². The zero-order valence-electron chi connectivity index (χ0n) is 84.0. The number of aromatic nitrogens is 7. The fourth-order valence-corrected chi connectivity index (χ4v) is 17.0. The first-order valence-electron chi connectivity index (χ1n) is 50.9. The van der Waals surface area contributed by atoms with E-state index in [1.165, 1.54) is 63.9 Å². The number of nitrogens with zero attached hydrogens (tertiary/aromatic N) is 6. The zero-order valence-corrected chi connectivity index (χ0v) is 84.0. The normalized spacial score (nSPS) is 18.2. The first-order valence-corrected chi connectivity index (χ1v) is 50.9. The number of hydrogen-bond donors (Lipinski definition) is 25. The summed E-state index contributed by atoms with van der Waals surface area (Å²) in [5.74, 6) is -17.1. The summed E-state index contributed by atoms with van der Waals surface area (Å²) in [5.41, 5.74) is 18.9. The lowest BCUT2D eigenvalue weighted by molar-refractivity contribution is -0.143. The van der Waals surface area contributed by atoms with Crippen LogP contribution in [0.4, 0.5) is 0 Å². The smallest absolute Gasteiger partial charge is 0.317 e. The molecule has 5 aromatic rings. The number of H-pyrrole nitrogens is 3. The number of nitrogens with two attached hydrogens (primary N) is 3. The summed E-state index contributed by atoms with van der Waals surface area (Å²) in [6, 6.07) is -2.50. The summed E-state index contributed by atoms with van der Waals surface area (Å²) < 4.78 is 10.9. The number of tetrazole rings is 1. The summed E-state index contributed by atoms with van der Waals surface area (Å²) in [6.45, 7) is -2.34. The van der Waals surface area contributed by atoms with E-state index in [0.29, 0.717) is 34.9 Å². The van der Waals surface area contributed by atoms with Crippen LogP contribution in [-0.2, 0) is 121 Å². The lowest BCUT2D eigenvalue weighted by Gasteiger charge is -2.31. The quantitative estimate of drug-likeness (QED) is 0.0106. The standard InChI is InChI=1S/C97H149N27O24/c1-2-3-30-68(88(138)115-72-38-40-81(129)103-41-24-22-32-67(86(99)136)110-92(142)74(49-62-52-106-66-31-21-20-29-65(62)66)116-89(139)70(34-26-42-105-97(100)101)113-91(141)73(48-61-27-16-15-17-28-61)118-95(145)77-51-64(126)55-124(77)96(72)146)111-87(137)69(33-23-25-44-123(56-84(132)133)57-85(134)135)112-93(143)75(50-63-53-102-60-108-63)117-90(140)71(37-39-78(98)127)114-94(144)76(58-125)109-82(130)54-107-83(131)59-148-47-46-147-45-43-104-80(128)36-19-14-12-10-8-6-4-5-7-9-11-13-18-35-79-119-121-122-120-79/h15-17,20-21,27-29,31,52-53,60,64,67-77,106,125-126H,2-14,18-19,22-26,30,32-51,54-59H2,1H3,(H2,98,127)(H2,99,136)(H,102,108)(H,103,129)(H,104,128)(H,107,131)(H,109,130)(H,110,142)(H,111,137)(H,112,143)(H,113,141)(H,114,144)(H,115,138)(H,116,139)(H,117,140)(H,118,145)(H,132,133)(H,134,135)(H4,100,101,105)(H,119,120,121,122)/t64-,67+,68+,69+,70+,71+,72+,73-,74+,75+,76+,77+/m1/s1. The van der Waals surface area contributed by atoms with Crippen molar-refractivity contribution in [3.63, 3.8) is 0 Å². The minimum absolute atomic E-state index is 0.0275. The molecule has 2 aliphatic heterocycles. The van der Waals surface area contributed by atoms with Gasteiger partial charge in [-0.25, -0.2) is 10.1 Å². The van der Waals surface area contributed by atoms with E-state index in [1.54, 1.807) is 67.7 Å². The Morgan fingerprint density at radius 1 is 0.588 bits per heavy atom. The van der Waals surface area contributed by atoms with Crippen molar-refractivity contribution in [2.24, 2.45) is 17.2 Å². The maximum absolute atomic E-state index is 15.6. The van der Waals surface area contributed by atoms with Gasteiger partial charge in [0, 0.05) is 101 Å². The van der Waals surface area contributed by atoms with Crippen molar-refractivity contribution in [2.45, 2.75) is 298 Å². The molecular formula is C97H149N27O24. The van der Waals surface area contributed by atoms with Crippen LogP contribution in [0, 0.1) is 5.41 Å². The van der Waals surface area contributed by atoms with Gasteiger partial charge in [-0.1, -0.05) is 139 Å². The number of carboxylic acids is 2. The third-order valence-corrected chi connectivity index (χ3v) is 24.9. The first kappa shape index (κ1) is 121. The number of aromatic amines is 3. The molecule has 0 aliphatic carbocycles. The fourth-order valence-electron chi connectivity index (χ4n) is 17.0. The lowest BCUT2D eigenvalue weighted by atomic mass is 10.0. The molecule has 2 aromatic carbocycles. The topological polar surface area (TPSA) is 782 Å². The number of primary amides is 2. The van der Waals surface area contributed by atoms with Gasteiger partial charge in [0.2, 0.25) is 94.5 Å². The Bertz CT molecular complexity index is 5040. The van der Waals surface area contributed by atoms with Gasteiger partial charge < -0.3 is 136 Å². The number of aliphatic hydroxyl groups is 2. The summed E-state index contributed by atoms with van der Waals surface area (Å²) in [4.78, 5) is 263. The average Bonchev–Trinajstić information content (AvgIpc) is 1.67. The highest BCUT2D eigenvalue weighted by molar-refractivity contribution is 6.01. The highest BCUT2D eigenvalue weighted by Crippen LogP contribution is 2.25. The lowest BCUT2D eigenvalue weighted by Crippen LogP contribution is -2.61. The highest BCUT2D eigenvalue weighted by atomic mass is 16.5. The maximum Gasteiger partial charge on any atom is 0.317 e. The number of rotatable bonds is 64. The summed E-state index contributed by atoms with van der Waals surface area (Å²) in [6.07, 6.45) is 15.4. The molecule has 16 amide bonds. The van der Waals surface area contributed by atoms with E-state index in [0.717, 1.165) is 54.1 Å². The summed E-state index contributed by atoms with van der Waals surface area (Å²) in [5, 5.41) is 100. The van der Waals surface area contributed by atoms with Crippen molar-refractivity contribution in [2.75, 3.05) is 85.4 Å². The molecule has 2 saturated heterocycles. The Morgan fingerprint density at radius 3 is 1.84 bits per heavy atom. The fraction of sp³-hybridized carbons (Fsp3) is 0.619. The predicted octanol–water partition coefficient (Wildman–Crippen LogP) is -2.87. The van der Waals surface area contributed by atoms with Gasteiger partial charge in [-0.2, -0.15) is 0 Å². The number of para-hydroxylation sites is 1. The van der Waals surface area contributed by atoms with Gasteiger partial charge in [0.25, 0.3) is 0 Å². The van der Waals surface area contributed by atoms with Crippen LogP contribution in [0.15, 0.2) is 73.3 Å². The molecule has 148 heavy (non-hydrogen) atoms. The molecule has 12 atom stereocenters. The summed E-state index contributed by atoms with van der Waals surface area (Å²) in [7, 11) is 0. The average molecular weight is 2080 g/mol. The zero-order chi connectivity index (χ0) is 107. The van der Waals surface area contributed by atoms with Gasteiger partial charge in [0.05, 0.1) is 64.2 Å². The van der Waals surface area contributed by atoms with Crippen molar-refractivity contribution >= 4 is 123 Å². The molecule has 51 nitrogen and oxygen atoms in total. The molecule has 0 spiro atoms. The van der Waals surface area contributed by atoms with E-state index < -0.39 is 257 Å². The van der Waals surface area contributed by atoms with Crippen LogP contribution in [0.5, 0.6) is 0 Å². The number of amides is 16. The Morgan fingerprint density at radius 2 is 1.20 bits per heavy atom. The Balaban J connectivity index is 1.03. The minimum Gasteiger partial charge on any atom is -0.480 e. The molecule has 28 N–H and O–H groups in total. The highest BCUT2D eigenvalue weighted by Gasteiger charge is 2.45.